The smallest absolute Gasteiger partial charge is 0.304 e. The van der Waals surface area contributed by atoms with E-state index < -0.39 is 10.2 Å². The number of hydrogen-bond donors (Lipinski definition) is 0. The zero-order chi connectivity index (χ0) is 18.8. The molecule has 0 radical (unpaired) electrons. The van der Waals surface area contributed by atoms with E-state index in [0.29, 0.717) is 24.7 Å². The van der Waals surface area contributed by atoms with Gasteiger partial charge in [-0.05, 0) is 49.8 Å². The Balaban J connectivity index is 2.36. The topological polar surface area (TPSA) is 60.9 Å². The second-order valence-corrected chi connectivity index (χ2v) is 9.24. The Morgan fingerprint density at radius 3 is 2.56 bits per heavy atom. The van der Waals surface area contributed by atoms with Gasteiger partial charge < -0.3 is 4.90 Å². The van der Waals surface area contributed by atoms with Crippen molar-refractivity contribution in [1.29, 1.82) is 0 Å². The largest absolute Gasteiger partial charge is 0.341 e. The summed E-state index contributed by atoms with van der Waals surface area (Å²) in [5.74, 6) is 0.315. The maximum Gasteiger partial charge on any atom is 0.304 e. The number of amides is 1. The lowest BCUT2D eigenvalue weighted by Crippen LogP contribution is -2.49. The first-order valence-corrected chi connectivity index (χ1v) is 10.1. The molecule has 0 saturated carbocycles. The third-order valence-corrected chi connectivity index (χ3v) is 6.47. The fourth-order valence-corrected chi connectivity index (χ4v) is 4.23. The van der Waals surface area contributed by atoms with Gasteiger partial charge in [0.05, 0.1) is 5.69 Å². The highest BCUT2D eigenvalue weighted by Crippen LogP contribution is 2.26. The van der Waals surface area contributed by atoms with Gasteiger partial charge in [0.1, 0.15) is 6.54 Å². The van der Waals surface area contributed by atoms with Crippen molar-refractivity contribution in [1.82, 2.24) is 9.21 Å². The number of hydrogen-bond acceptors (Lipinski definition) is 3. The molecule has 1 heterocycles. The molecule has 0 unspecified atom stereocenters. The molecule has 25 heavy (non-hydrogen) atoms. The van der Waals surface area contributed by atoms with Crippen LogP contribution in [0.25, 0.3) is 0 Å². The van der Waals surface area contributed by atoms with Gasteiger partial charge >= 0.3 is 10.2 Å². The first-order valence-electron chi connectivity index (χ1n) is 8.68. The zero-order valence-corrected chi connectivity index (χ0v) is 16.6. The summed E-state index contributed by atoms with van der Waals surface area (Å²) in [6.45, 7) is 7.13. The number of aryl methyl sites for hydroxylation is 2. The lowest BCUT2D eigenvalue weighted by atomic mass is 10.0. The fourth-order valence-electron chi connectivity index (χ4n) is 3.12. The van der Waals surface area contributed by atoms with Crippen LogP contribution in [0.1, 0.15) is 30.9 Å². The SMILES string of the molecule is Cc1ccc(C)c(N(CC(=O)N2CCC[C@@H](C)C2)S(=O)(=O)N(C)C)c1. The quantitative estimate of drug-likeness (QED) is 0.801. The van der Waals surface area contributed by atoms with Gasteiger partial charge in [0.2, 0.25) is 5.91 Å². The molecule has 0 N–H and O–H groups in total. The molecule has 2 rings (SSSR count). The van der Waals surface area contributed by atoms with Crippen LogP contribution in [0.15, 0.2) is 18.2 Å². The van der Waals surface area contributed by atoms with Gasteiger partial charge in [0, 0.05) is 27.2 Å². The average Bonchev–Trinajstić information content (AvgIpc) is 2.54. The van der Waals surface area contributed by atoms with Crippen LogP contribution in [-0.2, 0) is 15.0 Å². The van der Waals surface area contributed by atoms with Gasteiger partial charge in [-0.2, -0.15) is 12.7 Å². The van der Waals surface area contributed by atoms with Crippen LogP contribution in [0, 0.1) is 19.8 Å². The van der Waals surface area contributed by atoms with Gasteiger partial charge in [-0.25, -0.2) is 4.31 Å². The maximum atomic E-state index is 12.9. The summed E-state index contributed by atoms with van der Waals surface area (Å²) in [5.41, 5.74) is 2.35. The molecule has 140 valence electrons. The van der Waals surface area contributed by atoms with Gasteiger partial charge in [-0.1, -0.05) is 19.1 Å². The summed E-state index contributed by atoms with van der Waals surface area (Å²) in [6, 6.07) is 5.65. The molecule has 1 amide bonds. The van der Waals surface area contributed by atoms with Gasteiger partial charge in [0.15, 0.2) is 0 Å². The van der Waals surface area contributed by atoms with Crippen molar-refractivity contribution in [2.45, 2.75) is 33.6 Å². The summed E-state index contributed by atoms with van der Waals surface area (Å²) in [6.07, 6.45) is 2.08. The molecule has 1 saturated heterocycles. The average molecular weight is 368 g/mol. The normalized spacial score (nSPS) is 18.5. The van der Waals surface area contributed by atoms with E-state index in [1.807, 2.05) is 32.0 Å². The van der Waals surface area contributed by atoms with Crippen molar-refractivity contribution in [2.24, 2.45) is 5.92 Å². The van der Waals surface area contributed by atoms with Gasteiger partial charge in [-0.15, -0.1) is 0 Å². The second kappa shape index (κ2) is 7.74. The van der Waals surface area contributed by atoms with E-state index in [0.717, 1.165) is 28.3 Å². The summed E-state index contributed by atoms with van der Waals surface area (Å²) < 4.78 is 28.1. The summed E-state index contributed by atoms with van der Waals surface area (Å²) in [4.78, 5) is 14.6. The Labute approximate surface area is 151 Å². The third-order valence-electron chi connectivity index (χ3n) is 4.66. The van der Waals surface area contributed by atoms with Crippen LogP contribution in [0.4, 0.5) is 5.69 Å². The van der Waals surface area contributed by atoms with Crippen molar-refractivity contribution in [2.75, 3.05) is 38.0 Å². The lowest BCUT2D eigenvalue weighted by Gasteiger charge is -2.34. The van der Waals surface area contributed by atoms with Crippen LogP contribution in [-0.4, -0.2) is 57.3 Å². The Morgan fingerprint density at radius 2 is 1.96 bits per heavy atom. The highest BCUT2D eigenvalue weighted by Gasteiger charge is 2.31. The molecule has 0 bridgehead atoms. The number of piperidine rings is 1. The van der Waals surface area contributed by atoms with E-state index >= 15 is 0 Å². The number of carbonyl (C=O) groups excluding carboxylic acids is 1. The highest BCUT2D eigenvalue weighted by atomic mass is 32.2. The van der Waals surface area contributed by atoms with Crippen LogP contribution in [0.5, 0.6) is 0 Å². The van der Waals surface area contributed by atoms with E-state index in [2.05, 4.69) is 6.92 Å². The van der Waals surface area contributed by atoms with Crippen LogP contribution >= 0.6 is 0 Å². The molecule has 7 heteroatoms. The van der Waals surface area contributed by atoms with Crippen LogP contribution in [0.2, 0.25) is 0 Å². The minimum Gasteiger partial charge on any atom is -0.341 e. The predicted molar refractivity (Wildman–Crippen MR) is 101 cm³/mol. The second-order valence-electron chi connectivity index (χ2n) is 7.17. The summed E-state index contributed by atoms with van der Waals surface area (Å²) in [7, 11) is -0.785. The number of likely N-dealkylation sites (tertiary alicyclic amines) is 1. The number of benzene rings is 1. The summed E-state index contributed by atoms with van der Waals surface area (Å²) in [5, 5.41) is 0. The van der Waals surface area contributed by atoms with E-state index in [1.54, 1.807) is 4.90 Å². The number of anilines is 1. The Bertz CT molecular complexity index is 731. The Kier molecular flexibility index (Phi) is 6.11. The molecule has 1 aromatic carbocycles. The molecule has 0 aromatic heterocycles. The molecule has 1 aliphatic heterocycles. The molecule has 6 nitrogen and oxygen atoms in total. The molecule has 1 aliphatic rings. The summed E-state index contributed by atoms with van der Waals surface area (Å²) >= 11 is 0. The number of rotatable bonds is 5. The molecule has 0 aliphatic carbocycles. The standard InChI is InChI=1S/C18H29N3O3S/c1-14-8-9-16(3)17(11-14)21(25(23,24)19(4)5)13-18(22)20-10-6-7-15(2)12-20/h8-9,11,15H,6-7,10,12-13H2,1-5H3/t15-/m1/s1. The fraction of sp³-hybridized carbons (Fsp3) is 0.611. The maximum absolute atomic E-state index is 12.9. The Morgan fingerprint density at radius 1 is 1.28 bits per heavy atom. The molecular weight excluding hydrogens is 338 g/mol. The van der Waals surface area contributed by atoms with E-state index in [-0.39, 0.29) is 12.5 Å². The van der Waals surface area contributed by atoms with Crippen molar-refractivity contribution in [3.05, 3.63) is 29.3 Å². The predicted octanol–water partition coefficient (Wildman–Crippen LogP) is 2.17. The third kappa shape index (κ3) is 4.52. The highest BCUT2D eigenvalue weighted by molar-refractivity contribution is 7.90. The van der Waals surface area contributed by atoms with Crippen molar-refractivity contribution in [3.63, 3.8) is 0 Å². The van der Waals surface area contributed by atoms with Crippen LogP contribution < -0.4 is 4.31 Å². The lowest BCUT2D eigenvalue weighted by molar-refractivity contribution is -0.131. The van der Waals surface area contributed by atoms with Crippen LogP contribution in [0.3, 0.4) is 0 Å². The van der Waals surface area contributed by atoms with Crippen molar-refractivity contribution >= 4 is 21.8 Å². The minimum absolute atomic E-state index is 0.141. The number of nitrogens with zero attached hydrogens (tertiary/aromatic N) is 3. The molecule has 1 atom stereocenters. The zero-order valence-electron chi connectivity index (χ0n) is 15.8. The van der Waals surface area contributed by atoms with Crippen molar-refractivity contribution in [3.8, 4) is 0 Å². The molecule has 1 aromatic rings. The first-order chi connectivity index (χ1) is 11.6. The first kappa shape index (κ1) is 19.7. The van der Waals surface area contributed by atoms with E-state index in [4.69, 9.17) is 0 Å². The molecule has 0 spiro atoms. The van der Waals surface area contributed by atoms with E-state index in [1.165, 1.54) is 18.4 Å². The Hall–Kier alpha value is -1.60. The number of carbonyl (C=O) groups is 1. The molecule has 1 fully saturated rings. The monoisotopic (exact) mass is 367 g/mol. The van der Waals surface area contributed by atoms with Gasteiger partial charge in [-0.3, -0.25) is 4.79 Å². The minimum atomic E-state index is -3.76. The van der Waals surface area contributed by atoms with E-state index in [9.17, 15) is 13.2 Å². The molecular formula is C18H29N3O3S. The van der Waals surface area contributed by atoms with Gasteiger partial charge in [0.25, 0.3) is 0 Å². The van der Waals surface area contributed by atoms with Crippen molar-refractivity contribution < 1.29 is 13.2 Å².